The van der Waals surface area contributed by atoms with Crippen LogP contribution < -0.4 is 14.8 Å². The molecule has 0 fully saturated rings. The maximum absolute atomic E-state index is 12.1. The second kappa shape index (κ2) is 9.34. The quantitative estimate of drug-likeness (QED) is 0.647. The Bertz CT molecular complexity index is 955. The summed E-state index contributed by atoms with van der Waals surface area (Å²) in [6, 6.07) is 11.1. The van der Waals surface area contributed by atoms with E-state index in [0.717, 1.165) is 18.2 Å². The Kier molecular flexibility index (Phi) is 7.13. The van der Waals surface area contributed by atoms with Crippen molar-refractivity contribution in [3.05, 3.63) is 53.6 Å². The van der Waals surface area contributed by atoms with Crippen molar-refractivity contribution in [2.45, 2.75) is 18.7 Å². The zero-order valence-corrected chi connectivity index (χ0v) is 16.6. The molecule has 0 aliphatic rings. The van der Waals surface area contributed by atoms with Crippen molar-refractivity contribution in [1.82, 2.24) is 4.72 Å². The summed E-state index contributed by atoms with van der Waals surface area (Å²) in [6.07, 6.45) is 0. The molecular weight excluding hydrogens is 384 g/mol. The first-order valence-electron chi connectivity index (χ1n) is 8.38. The topological polar surface area (TPSA) is 111 Å². The van der Waals surface area contributed by atoms with E-state index in [9.17, 15) is 18.0 Å². The average molecular weight is 406 g/mol. The van der Waals surface area contributed by atoms with E-state index in [-0.39, 0.29) is 17.4 Å². The van der Waals surface area contributed by atoms with Crippen LogP contribution in [-0.2, 0) is 24.3 Å². The van der Waals surface area contributed by atoms with Crippen molar-refractivity contribution in [3.8, 4) is 5.75 Å². The number of anilines is 1. The van der Waals surface area contributed by atoms with Gasteiger partial charge >= 0.3 is 5.97 Å². The Morgan fingerprint density at radius 3 is 2.29 bits per heavy atom. The first kappa shape index (κ1) is 21.4. The predicted molar refractivity (Wildman–Crippen MR) is 104 cm³/mol. The SMILES string of the molecule is COC(=O)CNS(=O)(=O)c1ccc(NC(=O)COc2ccc(C)c(C)c2)cc1. The maximum atomic E-state index is 12.1. The molecule has 0 saturated heterocycles. The molecule has 8 nitrogen and oxygen atoms in total. The van der Waals surface area contributed by atoms with Crippen LogP contribution in [-0.4, -0.2) is 40.6 Å². The van der Waals surface area contributed by atoms with Crippen LogP contribution in [0.1, 0.15) is 11.1 Å². The van der Waals surface area contributed by atoms with Crippen molar-refractivity contribution in [1.29, 1.82) is 0 Å². The molecule has 0 heterocycles. The number of hydrogen-bond acceptors (Lipinski definition) is 6. The van der Waals surface area contributed by atoms with Gasteiger partial charge in [-0.2, -0.15) is 4.72 Å². The first-order valence-corrected chi connectivity index (χ1v) is 9.86. The molecule has 0 aliphatic carbocycles. The highest BCUT2D eigenvalue weighted by molar-refractivity contribution is 7.89. The molecule has 1 amide bonds. The number of amides is 1. The van der Waals surface area contributed by atoms with Crippen LogP contribution in [0.15, 0.2) is 47.4 Å². The van der Waals surface area contributed by atoms with Gasteiger partial charge in [-0.15, -0.1) is 0 Å². The second-order valence-corrected chi connectivity index (χ2v) is 7.77. The summed E-state index contributed by atoms with van der Waals surface area (Å²) in [5, 5.41) is 2.62. The van der Waals surface area contributed by atoms with Gasteiger partial charge in [0.15, 0.2) is 6.61 Å². The summed E-state index contributed by atoms with van der Waals surface area (Å²) in [6.45, 7) is 3.30. The van der Waals surface area contributed by atoms with E-state index in [2.05, 4.69) is 14.8 Å². The molecule has 0 bridgehead atoms. The molecule has 2 aromatic rings. The number of sulfonamides is 1. The summed E-state index contributed by atoms with van der Waals surface area (Å²) in [4.78, 5) is 23.0. The Balaban J connectivity index is 1.91. The van der Waals surface area contributed by atoms with Crippen molar-refractivity contribution in [2.24, 2.45) is 0 Å². The number of carbonyl (C=O) groups is 2. The fraction of sp³-hybridized carbons (Fsp3) is 0.263. The number of rotatable bonds is 8. The lowest BCUT2D eigenvalue weighted by atomic mass is 10.1. The van der Waals surface area contributed by atoms with Gasteiger partial charge in [-0.25, -0.2) is 8.42 Å². The molecule has 28 heavy (non-hydrogen) atoms. The Morgan fingerprint density at radius 2 is 1.68 bits per heavy atom. The summed E-state index contributed by atoms with van der Waals surface area (Å²) < 4.78 is 36.1. The van der Waals surface area contributed by atoms with Gasteiger partial charge in [0.1, 0.15) is 12.3 Å². The molecule has 0 radical (unpaired) electrons. The zero-order chi connectivity index (χ0) is 20.7. The lowest BCUT2D eigenvalue weighted by Gasteiger charge is -2.10. The Morgan fingerprint density at radius 1 is 1.00 bits per heavy atom. The molecule has 0 saturated carbocycles. The van der Waals surface area contributed by atoms with Gasteiger partial charge in [-0.1, -0.05) is 6.07 Å². The molecule has 150 valence electrons. The van der Waals surface area contributed by atoms with E-state index in [1.165, 1.54) is 24.3 Å². The number of hydrogen-bond donors (Lipinski definition) is 2. The van der Waals surface area contributed by atoms with E-state index in [1.807, 2.05) is 26.0 Å². The standard InChI is InChI=1S/C19H22N2O6S/c1-13-4-7-16(10-14(13)2)27-12-18(22)21-15-5-8-17(9-6-15)28(24,25)20-11-19(23)26-3/h4-10,20H,11-12H2,1-3H3,(H,21,22). The smallest absolute Gasteiger partial charge is 0.320 e. The monoisotopic (exact) mass is 406 g/mol. The van der Waals surface area contributed by atoms with Crippen molar-refractivity contribution >= 4 is 27.6 Å². The molecule has 2 N–H and O–H groups in total. The van der Waals surface area contributed by atoms with E-state index in [4.69, 9.17) is 4.74 Å². The predicted octanol–water partition coefficient (Wildman–Crippen LogP) is 1.77. The normalized spacial score (nSPS) is 11.0. The van der Waals surface area contributed by atoms with Crippen LogP contribution in [0.2, 0.25) is 0 Å². The average Bonchev–Trinajstić information content (AvgIpc) is 2.67. The highest BCUT2D eigenvalue weighted by Crippen LogP contribution is 2.17. The lowest BCUT2D eigenvalue weighted by molar-refractivity contribution is -0.139. The van der Waals surface area contributed by atoms with Crippen molar-refractivity contribution in [3.63, 3.8) is 0 Å². The molecule has 0 unspecified atom stereocenters. The summed E-state index contributed by atoms with van der Waals surface area (Å²) in [7, 11) is -2.69. The molecule has 0 aliphatic heterocycles. The van der Waals surface area contributed by atoms with Gasteiger partial charge in [0.25, 0.3) is 5.91 Å². The number of ether oxygens (including phenoxy) is 2. The van der Waals surface area contributed by atoms with Crippen molar-refractivity contribution < 1.29 is 27.5 Å². The lowest BCUT2D eigenvalue weighted by Crippen LogP contribution is -2.30. The third kappa shape index (κ3) is 6.07. The van der Waals surface area contributed by atoms with Gasteiger partial charge in [0, 0.05) is 5.69 Å². The highest BCUT2D eigenvalue weighted by atomic mass is 32.2. The number of benzene rings is 2. The van der Waals surface area contributed by atoms with Crippen LogP contribution >= 0.6 is 0 Å². The van der Waals surface area contributed by atoms with E-state index >= 15 is 0 Å². The molecule has 2 aromatic carbocycles. The second-order valence-electron chi connectivity index (χ2n) is 6.01. The third-order valence-electron chi connectivity index (χ3n) is 3.93. The molecule has 0 spiro atoms. The molecule has 0 atom stereocenters. The van der Waals surface area contributed by atoms with Gasteiger partial charge in [0.05, 0.1) is 12.0 Å². The molecule has 0 aromatic heterocycles. The molecule has 9 heteroatoms. The van der Waals surface area contributed by atoms with Crippen LogP contribution in [0.4, 0.5) is 5.69 Å². The van der Waals surface area contributed by atoms with Crippen LogP contribution in [0.5, 0.6) is 5.75 Å². The minimum atomic E-state index is -3.85. The van der Waals surface area contributed by atoms with E-state index < -0.39 is 22.5 Å². The van der Waals surface area contributed by atoms with Gasteiger partial charge in [-0.05, 0) is 61.4 Å². The van der Waals surface area contributed by atoms with E-state index in [1.54, 1.807) is 6.07 Å². The largest absolute Gasteiger partial charge is 0.484 e. The number of methoxy groups -OCH3 is 1. The Hall–Kier alpha value is -2.91. The molecule has 2 rings (SSSR count). The van der Waals surface area contributed by atoms with Gasteiger partial charge < -0.3 is 14.8 Å². The summed E-state index contributed by atoms with van der Waals surface area (Å²) in [5.74, 6) is -0.481. The fourth-order valence-electron chi connectivity index (χ4n) is 2.18. The third-order valence-corrected chi connectivity index (χ3v) is 5.35. The summed E-state index contributed by atoms with van der Waals surface area (Å²) in [5.41, 5.74) is 2.61. The van der Waals surface area contributed by atoms with Crippen LogP contribution in [0.3, 0.4) is 0 Å². The highest BCUT2D eigenvalue weighted by Gasteiger charge is 2.16. The number of aryl methyl sites for hydroxylation is 2. The number of carbonyl (C=O) groups excluding carboxylic acids is 2. The van der Waals surface area contributed by atoms with E-state index in [0.29, 0.717) is 11.4 Å². The van der Waals surface area contributed by atoms with Gasteiger partial charge in [-0.3, -0.25) is 9.59 Å². The zero-order valence-electron chi connectivity index (χ0n) is 15.8. The Labute approximate surface area is 163 Å². The fourth-order valence-corrected chi connectivity index (χ4v) is 3.15. The summed E-state index contributed by atoms with van der Waals surface area (Å²) >= 11 is 0. The van der Waals surface area contributed by atoms with Crippen LogP contribution in [0, 0.1) is 13.8 Å². The van der Waals surface area contributed by atoms with Gasteiger partial charge in [0.2, 0.25) is 10.0 Å². The maximum Gasteiger partial charge on any atom is 0.320 e. The number of nitrogens with one attached hydrogen (secondary N) is 2. The van der Waals surface area contributed by atoms with Crippen molar-refractivity contribution in [2.75, 3.05) is 25.6 Å². The first-order chi connectivity index (χ1) is 13.2. The van der Waals surface area contributed by atoms with Crippen LogP contribution in [0.25, 0.3) is 0 Å². The minimum Gasteiger partial charge on any atom is -0.484 e. The number of esters is 1. The molecular formula is C19H22N2O6S. The minimum absolute atomic E-state index is 0.0409.